The van der Waals surface area contributed by atoms with Crippen molar-refractivity contribution in [3.63, 3.8) is 0 Å². The molecule has 5 heteroatoms. The van der Waals surface area contributed by atoms with Crippen molar-refractivity contribution in [3.05, 3.63) is 34.6 Å². The number of rotatable bonds is 2. The second-order valence-electron chi connectivity index (χ2n) is 4.10. The fraction of sp³-hybridized carbons (Fsp3) is 0.417. The highest BCUT2D eigenvalue weighted by Crippen LogP contribution is 2.35. The number of nitrogens with one attached hydrogen (secondary N) is 1. The van der Waals surface area contributed by atoms with E-state index in [9.17, 15) is 9.18 Å². The van der Waals surface area contributed by atoms with Crippen molar-refractivity contribution in [1.82, 2.24) is 5.32 Å². The second kappa shape index (κ2) is 4.63. The van der Waals surface area contributed by atoms with Crippen molar-refractivity contribution >= 4 is 17.6 Å². The first-order valence-electron chi connectivity index (χ1n) is 5.35. The fourth-order valence-electron chi connectivity index (χ4n) is 2.27. The van der Waals surface area contributed by atoms with Gasteiger partial charge in [-0.15, -0.1) is 0 Å². The first-order valence-corrected chi connectivity index (χ1v) is 5.73. The Bertz CT molecular complexity index is 444. The van der Waals surface area contributed by atoms with Gasteiger partial charge in [-0.2, -0.15) is 0 Å². The van der Waals surface area contributed by atoms with Crippen LogP contribution in [-0.4, -0.2) is 26.2 Å². The number of ether oxygens (including phenoxy) is 1. The summed E-state index contributed by atoms with van der Waals surface area (Å²) in [6, 6.07) is 4.70. The van der Waals surface area contributed by atoms with E-state index in [1.165, 1.54) is 13.2 Å². The highest BCUT2D eigenvalue weighted by molar-refractivity contribution is 6.30. The summed E-state index contributed by atoms with van der Waals surface area (Å²) in [4.78, 5) is 11.9. The third-order valence-corrected chi connectivity index (χ3v) is 3.49. The molecular weight excluding hydrogens is 245 g/mol. The number of esters is 1. The Kier molecular flexibility index (Phi) is 3.35. The molecule has 1 fully saturated rings. The topological polar surface area (TPSA) is 38.3 Å². The van der Waals surface area contributed by atoms with Gasteiger partial charge in [-0.05, 0) is 19.0 Å². The summed E-state index contributed by atoms with van der Waals surface area (Å²) in [7, 11) is 1.31. The van der Waals surface area contributed by atoms with E-state index in [1.807, 2.05) is 0 Å². The van der Waals surface area contributed by atoms with Gasteiger partial charge in [-0.1, -0.05) is 23.7 Å². The Hall–Kier alpha value is -1.13. The van der Waals surface area contributed by atoms with Gasteiger partial charge in [0, 0.05) is 12.1 Å². The largest absolute Gasteiger partial charge is 0.468 e. The van der Waals surface area contributed by atoms with Crippen molar-refractivity contribution in [2.45, 2.75) is 11.8 Å². The number of hydrogen-bond donors (Lipinski definition) is 1. The Morgan fingerprint density at radius 3 is 2.94 bits per heavy atom. The van der Waals surface area contributed by atoms with Crippen LogP contribution in [0.25, 0.3) is 0 Å². The molecule has 17 heavy (non-hydrogen) atoms. The lowest BCUT2D eigenvalue weighted by atomic mass is 9.79. The number of hydrogen-bond acceptors (Lipinski definition) is 3. The molecule has 1 N–H and O–H groups in total. The van der Waals surface area contributed by atoms with Crippen LogP contribution in [0, 0.1) is 5.82 Å². The van der Waals surface area contributed by atoms with Gasteiger partial charge in [-0.25, -0.2) is 4.39 Å². The van der Waals surface area contributed by atoms with E-state index in [4.69, 9.17) is 16.3 Å². The number of halogens is 2. The summed E-state index contributed by atoms with van der Waals surface area (Å²) in [5.41, 5.74) is -0.647. The number of carbonyl (C=O) groups is 1. The average Bonchev–Trinajstić information content (AvgIpc) is 2.82. The molecule has 1 saturated heterocycles. The lowest BCUT2D eigenvalue weighted by Crippen LogP contribution is -2.39. The van der Waals surface area contributed by atoms with Crippen LogP contribution in [0.1, 0.15) is 12.0 Å². The highest BCUT2D eigenvalue weighted by atomic mass is 35.5. The minimum atomic E-state index is -0.955. The van der Waals surface area contributed by atoms with Gasteiger partial charge in [0.25, 0.3) is 0 Å². The van der Waals surface area contributed by atoms with Gasteiger partial charge in [0.2, 0.25) is 0 Å². The maximum Gasteiger partial charge on any atom is 0.317 e. The molecule has 92 valence electrons. The van der Waals surface area contributed by atoms with E-state index >= 15 is 0 Å². The van der Waals surface area contributed by atoms with Crippen LogP contribution >= 0.6 is 11.6 Å². The van der Waals surface area contributed by atoms with Gasteiger partial charge in [0.05, 0.1) is 12.1 Å². The van der Waals surface area contributed by atoms with Gasteiger partial charge in [0.1, 0.15) is 11.2 Å². The molecule has 0 radical (unpaired) electrons. The molecule has 0 saturated carbocycles. The lowest BCUT2D eigenvalue weighted by Gasteiger charge is -2.26. The van der Waals surface area contributed by atoms with Crippen molar-refractivity contribution in [1.29, 1.82) is 0 Å². The Labute approximate surface area is 104 Å². The molecule has 1 aliphatic rings. The van der Waals surface area contributed by atoms with Crippen LogP contribution in [0.5, 0.6) is 0 Å². The number of carbonyl (C=O) groups excluding carboxylic acids is 1. The van der Waals surface area contributed by atoms with E-state index < -0.39 is 17.2 Å². The molecule has 1 aromatic rings. The first-order chi connectivity index (χ1) is 8.12. The van der Waals surface area contributed by atoms with Crippen molar-refractivity contribution in [2.75, 3.05) is 20.2 Å². The molecule has 0 bridgehead atoms. The highest BCUT2D eigenvalue weighted by Gasteiger charge is 2.46. The Balaban J connectivity index is 2.53. The van der Waals surface area contributed by atoms with Crippen molar-refractivity contribution in [3.8, 4) is 0 Å². The average molecular weight is 258 g/mol. The molecule has 2 rings (SSSR count). The van der Waals surface area contributed by atoms with Gasteiger partial charge in [-0.3, -0.25) is 4.79 Å². The van der Waals surface area contributed by atoms with Crippen LogP contribution in [0.4, 0.5) is 4.39 Å². The standard InChI is InChI=1S/C12H13ClFNO2/c1-17-11(16)12(5-6-15-7-12)8-3-2-4-9(13)10(8)14/h2-4,15H,5-7H2,1H3. The maximum absolute atomic E-state index is 14.0. The third kappa shape index (κ3) is 1.91. The van der Waals surface area contributed by atoms with Crippen LogP contribution < -0.4 is 5.32 Å². The zero-order valence-corrected chi connectivity index (χ0v) is 10.2. The third-order valence-electron chi connectivity index (χ3n) is 3.20. The molecule has 0 aliphatic carbocycles. The Morgan fingerprint density at radius 1 is 1.59 bits per heavy atom. The smallest absolute Gasteiger partial charge is 0.317 e. The fourth-order valence-corrected chi connectivity index (χ4v) is 2.45. The van der Waals surface area contributed by atoms with Crippen LogP contribution in [-0.2, 0) is 14.9 Å². The van der Waals surface area contributed by atoms with Crippen LogP contribution in [0.15, 0.2) is 18.2 Å². The molecule has 3 nitrogen and oxygen atoms in total. The van der Waals surface area contributed by atoms with Crippen LogP contribution in [0.3, 0.4) is 0 Å². The summed E-state index contributed by atoms with van der Waals surface area (Å²) in [6.07, 6.45) is 0.511. The molecule has 1 atom stereocenters. The zero-order chi connectivity index (χ0) is 12.5. The molecular formula is C12H13ClFNO2. The molecule has 1 aliphatic heterocycles. The summed E-state index contributed by atoms with van der Waals surface area (Å²) < 4.78 is 18.8. The zero-order valence-electron chi connectivity index (χ0n) is 9.43. The minimum absolute atomic E-state index is 0.0256. The van der Waals surface area contributed by atoms with Crippen molar-refractivity contribution in [2.24, 2.45) is 0 Å². The van der Waals surface area contributed by atoms with E-state index in [2.05, 4.69) is 5.32 Å². The van der Waals surface area contributed by atoms with Gasteiger partial charge in [0.15, 0.2) is 0 Å². The first kappa shape index (κ1) is 12.3. The minimum Gasteiger partial charge on any atom is -0.468 e. The number of methoxy groups -OCH3 is 1. The predicted octanol–water partition coefficient (Wildman–Crippen LogP) is 1.88. The maximum atomic E-state index is 14.0. The lowest BCUT2D eigenvalue weighted by molar-refractivity contribution is -0.147. The molecule has 1 aromatic carbocycles. The predicted molar refractivity (Wildman–Crippen MR) is 62.6 cm³/mol. The molecule has 0 spiro atoms. The molecule has 1 unspecified atom stereocenters. The second-order valence-corrected chi connectivity index (χ2v) is 4.51. The van der Waals surface area contributed by atoms with E-state index in [1.54, 1.807) is 12.1 Å². The van der Waals surface area contributed by atoms with E-state index in [-0.39, 0.29) is 5.02 Å². The number of benzene rings is 1. The van der Waals surface area contributed by atoms with Gasteiger partial charge >= 0.3 is 5.97 Å². The summed E-state index contributed by atoms with van der Waals surface area (Å²) in [6.45, 7) is 1.03. The monoisotopic (exact) mass is 257 g/mol. The summed E-state index contributed by atoms with van der Waals surface area (Å²) >= 11 is 5.75. The van der Waals surface area contributed by atoms with Gasteiger partial charge < -0.3 is 10.1 Å². The summed E-state index contributed by atoms with van der Waals surface area (Å²) in [5, 5.41) is 3.09. The quantitative estimate of drug-likeness (QED) is 0.823. The SMILES string of the molecule is COC(=O)C1(c2cccc(Cl)c2F)CCNC1. The molecule has 0 amide bonds. The Morgan fingerprint density at radius 2 is 2.35 bits per heavy atom. The molecule has 0 aromatic heterocycles. The van der Waals surface area contributed by atoms with Crippen LogP contribution in [0.2, 0.25) is 5.02 Å². The normalized spacial score (nSPS) is 23.7. The summed E-state index contributed by atoms with van der Waals surface area (Å²) in [5.74, 6) is -0.966. The molecule has 1 heterocycles. The van der Waals surface area contributed by atoms with Crippen molar-refractivity contribution < 1.29 is 13.9 Å². The van der Waals surface area contributed by atoms with E-state index in [0.29, 0.717) is 25.1 Å². The van der Waals surface area contributed by atoms with E-state index in [0.717, 1.165) is 0 Å².